The Balaban J connectivity index is 2.89. The highest BCUT2D eigenvalue weighted by Crippen LogP contribution is 2.09. The van der Waals surface area contributed by atoms with Crippen LogP contribution in [0.2, 0.25) is 0 Å². The third kappa shape index (κ3) is 2.36. The van der Waals surface area contributed by atoms with E-state index in [0.717, 1.165) is 5.56 Å². The molecule has 0 saturated heterocycles. The normalized spacial score (nSPS) is 11.2. The van der Waals surface area contributed by atoms with Crippen molar-refractivity contribution < 1.29 is 4.92 Å². The fourth-order valence-corrected chi connectivity index (χ4v) is 0.865. The van der Waals surface area contributed by atoms with Gasteiger partial charge in [0.15, 0.2) is 0 Å². The van der Waals surface area contributed by atoms with E-state index in [4.69, 9.17) is 11.6 Å². The highest BCUT2D eigenvalue weighted by Gasteiger charge is 2.03. The lowest BCUT2D eigenvalue weighted by Gasteiger charge is -1.89. The van der Waals surface area contributed by atoms with E-state index in [1.165, 1.54) is 6.08 Å². The number of halogens is 1. The smallest absolute Gasteiger partial charge is 0.257 e. The summed E-state index contributed by atoms with van der Waals surface area (Å²) in [6.07, 6.45) is 1.31. The Kier molecular flexibility index (Phi) is 2.82. The number of nitrogens with zero attached hydrogens (tertiary/aromatic N) is 1. The van der Waals surface area contributed by atoms with Crippen molar-refractivity contribution >= 4 is 17.7 Å². The summed E-state index contributed by atoms with van der Waals surface area (Å²) in [6.45, 7) is 0. The first-order chi connectivity index (χ1) is 5.70. The maximum atomic E-state index is 10.1. The summed E-state index contributed by atoms with van der Waals surface area (Å²) >= 11 is 5.31. The second kappa shape index (κ2) is 3.88. The zero-order valence-corrected chi connectivity index (χ0v) is 6.86. The van der Waals surface area contributed by atoms with Gasteiger partial charge in [-0.05, 0) is 17.2 Å². The molecule has 0 saturated carbocycles. The first-order valence-electron chi connectivity index (χ1n) is 3.27. The molecule has 0 aromatic heterocycles. The Morgan fingerprint density at radius 3 is 2.50 bits per heavy atom. The Labute approximate surface area is 74.4 Å². The minimum Gasteiger partial charge on any atom is -0.257 e. The van der Waals surface area contributed by atoms with Gasteiger partial charge in [-0.25, -0.2) is 0 Å². The van der Waals surface area contributed by atoms with Crippen molar-refractivity contribution in [3.63, 3.8) is 0 Å². The van der Waals surface area contributed by atoms with E-state index < -0.39 is 4.92 Å². The van der Waals surface area contributed by atoms with Crippen molar-refractivity contribution in [2.75, 3.05) is 0 Å². The quantitative estimate of drug-likeness (QED) is 0.402. The molecule has 0 radical (unpaired) electrons. The highest BCUT2D eigenvalue weighted by atomic mass is 35.5. The molecule has 0 aliphatic rings. The molecule has 0 aliphatic heterocycles. The summed E-state index contributed by atoms with van der Waals surface area (Å²) in [5.74, 6) is 0. The summed E-state index contributed by atoms with van der Waals surface area (Å²) in [6, 6.07) is 8.89. The average Bonchev–Trinajstić information content (AvgIpc) is 2.06. The number of rotatable bonds is 2. The molecule has 0 spiro atoms. The molecule has 4 heteroatoms. The van der Waals surface area contributed by atoms with Crippen LogP contribution in [0.4, 0.5) is 0 Å². The lowest BCUT2D eigenvalue weighted by molar-refractivity contribution is -0.410. The van der Waals surface area contributed by atoms with E-state index in [9.17, 15) is 10.1 Å². The van der Waals surface area contributed by atoms with Crippen molar-refractivity contribution in [2.45, 2.75) is 0 Å². The molecule has 0 fully saturated rings. The summed E-state index contributed by atoms with van der Waals surface area (Å²) in [7, 11) is 0. The predicted octanol–water partition coefficient (Wildman–Crippen LogP) is 2.50. The number of hydrogen-bond acceptors (Lipinski definition) is 2. The lowest BCUT2D eigenvalue weighted by atomic mass is 10.2. The van der Waals surface area contributed by atoms with Gasteiger partial charge in [-0.2, -0.15) is 0 Å². The second-order valence-electron chi connectivity index (χ2n) is 2.13. The molecule has 62 valence electrons. The molecule has 0 N–H and O–H groups in total. The van der Waals surface area contributed by atoms with Crippen LogP contribution in [0.1, 0.15) is 5.56 Å². The van der Waals surface area contributed by atoms with Crippen LogP contribution < -0.4 is 0 Å². The molecular formula is C8H6ClNO2. The number of hydrogen-bond donors (Lipinski definition) is 0. The van der Waals surface area contributed by atoms with Crippen LogP contribution in [0.5, 0.6) is 0 Å². The van der Waals surface area contributed by atoms with E-state index in [1.54, 1.807) is 24.3 Å². The predicted molar refractivity (Wildman–Crippen MR) is 47.3 cm³/mol. The van der Waals surface area contributed by atoms with Crippen LogP contribution in [0.3, 0.4) is 0 Å². The molecule has 0 amide bonds. The Hall–Kier alpha value is -1.35. The SMILES string of the molecule is O=[N+]([O-])C(Cl)=Cc1ccccc1. The molecule has 1 rings (SSSR count). The molecule has 12 heavy (non-hydrogen) atoms. The van der Waals surface area contributed by atoms with Gasteiger partial charge < -0.3 is 0 Å². The van der Waals surface area contributed by atoms with E-state index in [-0.39, 0.29) is 5.16 Å². The number of nitro groups is 1. The molecule has 1 aromatic carbocycles. The minimum absolute atomic E-state index is 0.374. The van der Waals surface area contributed by atoms with E-state index in [1.807, 2.05) is 6.07 Å². The molecule has 0 bridgehead atoms. The largest absolute Gasteiger partial charge is 0.337 e. The van der Waals surface area contributed by atoms with Crippen molar-refractivity contribution in [1.82, 2.24) is 0 Å². The van der Waals surface area contributed by atoms with Gasteiger partial charge in [-0.3, -0.25) is 10.1 Å². The van der Waals surface area contributed by atoms with E-state index in [0.29, 0.717) is 0 Å². The maximum absolute atomic E-state index is 10.1. The van der Waals surface area contributed by atoms with Gasteiger partial charge >= 0.3 is 5.16 Å². The summed E-state index contributed by atoms with van der Waals surface area (Å²) in [5.41, 5.74) is 0.721. The molecule has 0 atom stereocenters. The minimum atomic E-state index is -0.630. The molecule has 0 heterocycles. The molecule has 3 nitrogen and oxygen atoms in total. The van der Waals surface area contributed by atoms with Crippen molar-refractivity contribution in [1.29, 1.82) is 0 Å². The fraction of sp³-hybridized carbons (Fsp3) is 0. The van der Waals surface area contributed by atoms with Crippen LogP contribution in [-0.2, 0) is 0 Å². The van der Waals surface area contributed by atoms with Gasteiger partial charge in [-0.15, -0.1) is 0 Å². The Morgan fingerprint density at radius 1 is 1.42 bits per heavy atom. The van der Waals surface area contributed by atoms with Crippen LogP contribution in [0.15, 0.2) is 35.5 Å². The zero-order valence-electron chi connectivity index (χ0n) is 6.11. The third-order valence-corrected chi connectivity index (χ3v) is 1.51. The van der Waals surface area contributed by atoms with Gasteiger partial charge in [0.25, 0.3) is 0 Å². The fourth-order valence-electron chi connectivity index (χ4n) is 0.739. The van der Waals surface area contributed by atoms with Crippen LogP contribution >= 0.6 is 11.6 Å². The van der Waals surface area contributed by atoms with Gasteiger partial charge in [-0.1, -0.05) is 30.3 Å². The maximum Gasteiger partial charge on any atom is 0.337 e. The van der Waals surface area contributed by atoms with E-state index >= 15 is 0 Å². The first-order valence-corrected chi connectivity index (χ1v) is 3.64. The van der Waals surface area contributed by atoms with Crippen molar-refractivity contribution in [3.8, 4) is 0 Å². The van der Waals surface area contributed by atoms with Gasteiger partial charge in [0.2, 0.25) is 0 Å². The second-order valence-corrected chi connectivity index (χ2v) is 2.52. The standard InChI is InChI=1S/C8H6ClNO2/c9-8(10(11)12)6-7-4-2-1-3-5-7/h1-6H. The summed E-state index contributed by atoms with van der Waals surface area (Å²) in [4.78, 5) is 9.48. The number of benzene rings is 1. The monoisotopic (exact) mass is 183 g/mol. The van der Waals surface area contributed by atoms with Crippen LogP contribution in [0, 0.1) is 10.1 Å². The third-order valence-electron chi connectivity index (χ3n) is 1.26. The summed E-state index contributed by atoms with van der Waals surface area (Å²) < 4.78 is 0. The Morgan fingerprint density at radius 2 is 2.00 bits per heavy atom. The Bertz CT molecular complexity index is 308. The van der Waals surface area contributed by atoms with Gasteiger partial charge in [0.05, 0.1) is 4.92 Å². The topological polar surface area (TPSA) is 43.1 Å². The van der Waals surface area contributed by atoms with Crippen molar-refractivity contribution in [3.05, 3.63) is 51.2 Å². The van der Waals surface area contributed by atoms with Crippen LogP contribution in [0.25, 0.3) is 6.08 Å². The van der Waals surface area contributed by atoms with E-state index in [2.05, 4.69) is 0 Å². The van der Waals surface area contributed by atoms with Crippen LogP contribution in [-0.4, -0.2) is 4.92 Å². The first kappa shape index (κ1) is 8.74. The molecule has 1 aromatic rings. The average molecular weight is 184 g/mol. The summed E-state index contributed by atoms with van der Waals surface area (Å²) in [5, 5.41) is 9.74. The highest BCUT2D eigenvalue weighted by molar-refractivity contribution is 6.29. The molecule has 0 aliphatic carbocycles. The molecular weight excluding hydrogens is 178 g/mol. The zero-order chi connectivity index (χ0) is 8.97. The lowest BCUT2D eigenvalue weighted by Crippen LogP contribution is -1.89. The van der Waals surface area contributed by atoms with Crippen molar-refractivity contribution in [2.24, 2.45) is 0 Å². The van der Waals surface area contributed by atoms with Gasteiger partial charge in [0.1, 0.15) is 0 Å². The van der Waals surface area contributed by atoms with Gasteiger partial charge in [0, 0.05) is 6.08 Å². The molecule has 0 unspecified atom stereocenters.